The molecular weight excluding hydrogens is 464 g/mol. The van der Waals surface area contributed by atoms with Gasteiger partial charge < -0.3 is 4.43 Å². The van der Waals surface area contributed by atoms with Gasteiger partial charge in [0.2, 0.25) is 0 Å². The van der Waals surface area contributed by atoms with Gasteiger partial charge in [-0.1, -0.05) is 86.1 Å². The Morgan fingerprint density at radius 1 is 1.00 bits per heavy atom. The number of hydrogen-bond acceptors (Lipinski definition) is 1. The molecule has 37 heavy (non-hydrogen) atoms. The second-order valence-electron chi connectivity index (χ2n) is 16.3. The Bertz CT molecular complexity index is 861. The van der Waals surface area contributed by atoms with E-state index < -0.39 is 8.32 Å². The summed E-state index contributed by atoms with van der Waals surface area (Å²) in [6.07, 6.45) is 20.6. The summed E-state index contributed by atoms with van der Waals surface area (Å²) < 4.78 is 6.95. The summed E-state index contributed by atoms with van der Waals surface area (Å²) in [6, 6.07) is 0. The Labute approximate surface area is 232 Å². The molecule has 0 N–H and O–H groups in total. The van der Waals surface area contributed by atoms with Gasteiger partial charge in [0.15, 0.2) is 8.32 Å². The third-order valence-corrected chi connectivity index (χ3v) is 17.6. The Morgan fingerprint density at radius 2 is 1.70 bits per heavy atom. The van der Waals surface area contributed by atoms with E-state index in [9.17, 15) is 0 Å². The van der Waals surface area contributed by atoms with Gasteiger partial charge in [-0.25, -0.2) is 0 Å². The van der Waals surface area contributed by atoms with Gasteiger partial charge in [-0.3, -0.25) is 0 Å². The molecule has 1 nitrogen and oxygen atoms in total. The fourth-order valence-electron chi connectivity index (χ4n) is 9.51. The summed E-state index contributed by atoms with van der Waals surface area (Å²) in [5, 5.41) is 0.297. The molecule has 4 rings (SSSR count). The van der Waals surface area contributed by atoms with Gasteiger partial charge in [0.25, 0.3) is 0 Å². The van der Waals surface area contributed by atoms with Crippen molar-refractivity contribution in [3.8, 4) is 0 Å². The topological polar surface area (TPSA) is 9.23 Å². The predicted molar refractivity (Wildman–Crippen MR) is 164 cm³/mol. The lowest BCUT2D eigenvalue weighted by atomic mass is 9.47. The smallest absolute Gasteiger partial charge is 0.192 e. The van der Waals surface area contributed by atoms with Crippen molar-refractivity contribution >= 4 is 8.32 Å². The fourth-order valence-corrected chi connectivity index (χ4v) is 10.9. The van der Waals surface area contributed by atoms with E-state index in [2.05, 4.69) is 93.6 Å². The van der Waals surface area contributed by atoms with Crippen molar-refractivity contribution in [1.82, 2.24) is 0 Å². The number of rotatable bonds is 7. The first-order valence-corrected chi connectivity index (χ1v) is 19.1. The highest BCUT2D eigenvalue weighted by molar-refractivity contribution is 6.74. The Balaban J connectivity index is 1.48. The zero-order chi connectivity index (χ0) is 27.4. The monoisotopic (exact) mass is 526 g/mol. The summed E-state index contributed by atoms with van der Waals surface area (Å²) in [7, 11) is -1.71. The van der Waals surface area contributed by atoms with Crippen molar-refractivity contribution in [2.45, 2.75) is 144 Å². The van der Waals surface area contributed by atoms with Crippen LogP contribution in [0.2, 0.25) is 18.1 Å². The molecule has 0 spiro atoms. The molecule has 3 fully saturated rings. The van der Waals surface area contributed by atoms with Gasteiger partial charge in [-0.05, 0) is 128 Å². The lowest BCUT2D eigenvalue weighted by Crippen LogP contribution is -2.52. The lowest BCUT2D eigenvalue weighted by Gasteiger charge is -2.59. The van der Waals surface area contributed by atoms with Crippen molar-refractivity contribution in [3.05, 3.63) is 23.8 Å². The SMILES string of the molecule is CC[C@H](/C=C/[C@@H](C)[C@H]1CC[C@H]2[C@@H]3CC=C4C[C@@H](O[Si](C)(C)C(C)(C)C)CC[C@]4(C)[C@H]3CC[C@]12C)C(C)C. The van der Waals surface area contributed by atoms with E-state index in [1.807, 2.05) is 0 Å². The highest BCUT2D eigenvalue weighted by Gasteiger charge is 2.59. The Morgan fingerprint density at radius 3 is 2.32 bits per heavy atom. The van der Waals surface area contributed by atoms with Crippen molar-refractivity contribution < 1.29 is 4.43 Å². The van der Waals surface area contributed by atoms with Crippen LogP contribution in [0.25, 0.3) is 0 Å². The molecule has 4 aliphatic rings. The second-order valence-corrected chi connectivity index (χ2v) is 21.0. The summed E-state index contributed by atoms with van der Waals surface area (Å²) in [5.41, 5.74) is 2.74. The molecule has 0 aromatic carbocycles. The summed E-state index contributed by atoms with van der Waals surface area (Å²) in [6.45, 7) is 27.1. The minimum absolute atomic E-state index is 0.297. The summed E-state index contributed by atoms with van der Waals surface area (Å²) >= 11 is 0. The van der Waals surface area contributed by atoms with Crippen molar-refractivity contribution in [1.29, 1.82) is 0 Å². The van der Waals surface area contributed by atoms with Crippen molar-refractivity contribution in [2.75, 3.05) is 0 Å². The highest BCUT2D eigenvalue weighted by Crippen LogP contribution is 2.67. The quantitative estimate of drug-likeness (QED) is 0.237. The molecule has 0 aromatic rings. The molecule has 0 aromatic heterocycles. The van der Waals surface area contributed by atoms with Crippen molar-refractivity contribution in [2.24, 2.45) is 52.3 Å². The third-order valence-electron chi connectivity index (χ3n) is 13.0. The molecule has 2 heteroatoms. The zero-order valence-electron chi connectivity index (χ0n) is 26.6. The van der Waals surface area contributed by atoms with Crippen LogP contribution in [0.15, 0.2) is 23.8 Å². The third kappa shape index (κ3) is 5.38. The first-order chi connectivity index (χ1) is 17.1. The molecule has 212 valence electrons. The molecule has 0 saturated heterocycles. The molecule has 3 saturated carbocycles. The summed E-state index contributed by atoms with van der Waals surface area (Å²) in [4.78, 5) is 0. The van der Waals surface area contributed by atoms with Crippen LogP contribution in [0.4, 0.5) is 0 Å². The second kappa shape index (κ2) is 10.6. The Kier molecular flexibility index (Phi) is 8.47. The molecule has 9 atom stereocenters. The van der Waals surface area contributed by atoms with Crippen LogP contribution >= 0.6 is 0 Å². The maximum atomic E-state index is 6.95. The maximum absolute atomic E-state index is 6.95. The van der Waals surface area contributed by atoms with Gasteiger partial charge in [0.05, 0.1) is 0 Å². The van der Waals surface area contributed by atoms with Crippen LogP contribution in [-0.2, 0) is 4.43 Å². The normalized spacial score (nSPS) is 40.2. The van der Waals surface area contributed by atoms with E-state index in [0.29, 0.717) is 27.9 Å². The first kappa shape index (κ1) is 29.6. The van der Waals surface area contributed by atoms with Crippen LogP contribution in [-0.4, -0.2) is 14.4 Å². The van der Waals surface area contributed by atoms with E-state index >= 15 is 0 Å². The van der Waals surface area contributed by atoms with Crippen LogP contribution in [0.1, 0.15) is 120 Å². The molecule has 0 amide bonds. The molecule has 0 unspecified atom stereocenters. The van der Waals surface area contributed by atoms with Crippen LogP contribution in [0.5, 0.6) is 0 Å². The van der Waals surface area contributed by atoms with Gasteiger partial charge in [0, 0.05) is 6.10 Å². The average Bonchev–Trinajstić information content (AvgIpc) is 3.15. The largest absolute Gasteiger partial charge is 0.414 e. The summed E-state index contributed by atoms with van der Waals surface area (Å²) in [5.74, 6) is 5.80. The average molecular weight is 527 g/mol. The van der Waals surface area contributed by atoms with E-state index in [1.54, 1.807) is 5.57 Å². The van der Waals surface area contributed by atoms with Gasteiger partial charge in [-0.15, -0.1) is 0 Å². The number of fused-ring (bicyclic) bond motifs is 5. The first-order valence-electron chi connectivity index (χ1n) is 16.2. The van der Waals surface area contributed by atoms with Crippen LogP contribution in [0.3, 0.4) is 0 Å². The molecular formula is C35H62OSi. The minimum atomic E-state index is -1.71. The van der Waals surface area contributed by atoms with Gasteiger partial charge in [0.1, 0.15) is 0 Å². The zero-order valence-corrected chi connectivity index (χ0v) is 27.6. The molecule has 0 bridgehead atoms. The lowest BCUT2D eigenvalue weighted by molar-refractivity contribution is -0.0532. The molecule has 4 aliphatic carbocycles. The Hall–Kier alpha value is -0.343. The van der Waals surface area contributed by atoms with E-state index in [-0.39, 0.29) is 0 Å². The predicted octanol–water partition coefficient (Wildman–Crippen LogP) is 10.8. The maximum Gasteiger partial charge on any atom is 0.192 e. The standard InChI is InChI=1S/C35H62OSi/c1-12-26(24(2)3)14-13-25(4)30-17-18-31-29-16-15-27-23-28(36-37(10,11)33(5,6)7)19-21-34(27,8)32(29)20-22-35(30,31)9/h13-15,24-26,28-32H,12,16-23H2,1-11H3/b14-13+/t25-,26-,28+,29+,30-,31+,32+,34+,35-/m1/s1. The molecule has 0 aliphatic heterocycles. The minimum Gasteiger partial charge on any atom is -0.414 e. The molecule has 0 heterocycles. The van der Waals surface area contributed by atoms with Crippen molar-refractivity contribution in [3.63, 3.8) is 0 Å². The van der Waals surface area contributed by atoms with Gasteiger partial charge >= 0.3 is 0 Å². The number of hydrogen-bond donors (Lipinski definition) is 0. The highest BCUT2D eigenvalue weighted by atomic mass is 28.4. The van der Waals surface area contributed by atoms with Crippen LogP contribution < -0.4 is 0 Å². The van der Waals surface area contributed by atoms with Crippen LogP contribution in [0, 0.1) is 52.3 Å². The van der Waals surface area contributed by atoms with E-state index in [4.69, 9.17) is 4.43 Å². The van der Waals surface area contributed by atoms with E-state index in [0.717, 1.165) is 35.5 Å². The van der Waals surface area contributed by atoms with E-state index in [1.165, 1.54) is 57.8 Å². The molecule has 0 radical (unpaired) electrons. The number of allylic oxidation sites excluding steroid dienone is 3. The van der Waals surface area contributed by atoms with Gasteiger partial charge in [-0.2, -0.15) is 0 Å². The fraction of sp³-hybridized carbons (Fsp3) is 0.886.